The van der Waals surface area contributed by atoms with Crippen molar-refractivity contribution in [2.75, 3.05) is 26.9 Å². The first-order chi connectivity index (χ1) is 10.0. The van der Waals surface area contributed by atoms with Crippen molar-refractivity contribution < 1.29 is 23.8 Å². The quantitative estimate of drug-likeness (QED) is 0.846. The maximum absolute atomic E-state index is 13.9. The van der Waals surface area contributed by atoms with Gasteiger partial charge in [-0.3, -0.25) is 4.90 Å². The van der Waals surface area contributed by atoms with E-state index in [0.717, 1.165) is 5.56 Å². The Labute approximate surface area is 123 Å². The summed E-state index contributed by atoms with van der Waals surface area (Å²) in [7, 11) is 1.22. The van der Waals surface area contributed by atoms with Crippen molar-refractivity contribution in [2.45, 2.75) is 25.6 Å². The summed E-state index contributed by atoms with van der Waals surface area (Å²) in [6.07, 6.45) is -0.208. The predicted molar refractivity (Wildman–Crippen MR) is 74.4 cm³/mol. The lowest BCUT2D eigenvalue weighted by Gasteiger charge is -2.37. The Morgan fingerprint density at radius 1 is 1.57 bits per heavy atom. The summed E-state index contributed by atoms with van der Waals surface area (Å²) >= 11 is 0. The van der Waals surface area contributed by atoms with Gasteiger partial charge < -0.3 is 14.6 Å². The normalized spacial score (nSPS) is 23.0. The fourth-order valence-electron chi connectivity index (χ4n) is 2.37. The molecule has 1 fully saturated rings. The number of morpholine rings is 1. The van der Waals surface area contributed by atoms with Crippen molar-refractivity contribution in [2.24, 2.45) is 0 Å². The monoisotopic (exact) mass is 297 g/mol. The number of methoxy groups -OCH3 is 1. The molecule has 1 N–H and O–H groups in total. The van der Waals surface area contributed by atoms with Gasteiger partial charge in [0.05, 0.1) is 32.0 Å². The molecule has 0 radical (unpaired) electrons. The number of carbonyl (C=O) groups excluding carboxylic acids is 1. The van der Waals surface area contributed by atoms with E-state index in [-0.39, 0.29) is 24.3 Å². The summed E-state index contributed by atoms with van der Waals surface area (Å²) in [5.74, 6) is -1.27. The molecule has 1 aliphatic heterocycles. The minimum absolute atomic E-state index is 0.0289. The van der Waals surface area contributed by atoms with Crippen LogP contribution in [0.2, 0.25) is 0 Å². The molecule has 6 heteroatoms. The molecule has 1 aliphatic rings. The van der Waals surface area contributed by atoms with Gasteiger partial charge in [-0.05, 0) is 24.6 Å². The zero-order valence-corrected chi connectivity index (χ0v) is 12.2. The van der Waals surface area contributed by atoms with E-state index in [9.17, 15) is 9.18 Å². The van der Waals surface area contributed by atoms with Crippen LogP contribution in [0.1, 0.15) is 22.8 Å². The third-order valence-electron chi connectivity index (χ3n) is 3.66. The van der Waals surface area contributed by atoms with Gasteiger partial charge in [0.2, 0.25) is 0 Å². The Morgan fingerprint density at radius 3 is 2.95 bits per heavy atom. The molecule has 0 aliphatic carbocycles. The molecule has 1 heterocycles. The molecule has 0 bridgehead atoms. The molecule has 1 aromatic carbocycles. The van der Waals surface area contributed by atoms with Gasteiger partial charge in [0.25, 0.3) is 0 Å². The molecular formula is C15H20FNO4. The molecule has 21 heavy (non-hydrogen) atoms. The van der Waals surface area contributed by atoms with E-state index in [2.05, 4.69) is 9.64 Å². The van der Waals surface area contributed by atoms with Crippen molar-refractivity contribution in [1.82, 2.24) is 4.90 Å². The molecule has 0 amide bonds. The van der Waals surface area contributed by atoms with Gasteiger partial charge in [0.15, 0.2) is 0 Å². The highest BCUT2D eigenvalue weighted by Gasteiger charge is 2.25. The minimum atomic E-state index is -0.681. The lowest BCUT2D eigenvalue weighted by molar-refractivity contribution is -0.0805. The Balaban J connectivity index is 2.08. The largest absolute Gasteiger partial charge is 0.465 e. The second-order valence-electron chi connectivity index (χ2n) is 5.22. The Kier molecular flexibility index (Phi) is 5.27. The summed E-state index contributed by atoms with van der Waals surface area (Å²) in [5, 5.41) is 9.17. The van der Waals surface area contributed by atoms with Gasteiger partial charge in [0, 0.05) is 19.1 Å². The van der Waals surface area contributed by atoms with Crippen LogP contribution in [0.3, 0.4) is 0 Å². The molecule has 2 rings (SSSR count). The van der Waals surface area contributed by atoms with Crippen LogP contribution in [-0.4, -0.2) is 55.0 Å². The Bertz CT molecular complexity index is 508. The molecule has 2 unspecified atom stereocenters. The standard InChI is InChI=1S/C15H20FNO4/c1-10-9-21-12(8-18)7-17(10)6-11-3-4-13(14(16)5-11)15(19)20-2/h3-5,10,12,18H,6-9H2,1-2H3. The molecule has 5 nitrogen and oxygen atoms in total. The fourth-order valence-corrected chi connectivity index (χ4v) is 2.37. The highest BCUT2D eigenvalue weighted by molar-refractivity contribution is 5.89. The number of aliphatic hydroxyl groups excluding tert-OH is 1. The van der Waals surface area contributed by atoms with Crippen LogP contribution in [-0.2, 0) is 16.0 Å². The predicted octanol–water partition coefficient (Wildman–Crippen LogP) is 1.19. The van der Waals surface area contributed by atoms with Gasteiger partial charge in [-0.1, -0.05) is 6.07 Å². The number of rotatable bonds is 4. The van der Waals surface area contributed by atoms with Crippen LogP contribution in [0, 0.1) is 5.82 Å². The molecule has 1 saturated heterocycles. The number of hydrogen-bond acceptors (Lipinski definition) is 5. The molecule has 1 aromatic rings. The summed E-state index contributed by atoms with van der Waals surface area (Å²) in [4.78, 5) is 13.5. The van der Waals surface area contributed by atoms with E-state index in [0.29, 0.717) is 19.7 Å². The number of benzene rings is 1. The van der Waals surface area contributed by atoms with Gasteiger partial charge >= 0.3 is 5.97 Å². The van der Waals surface area contributed by atoms with Crippen LogP contribution >= 0.6 is 0 Å². The van der Waals surface area contributed by atoms with Gasteiger partial charge in [-0.15, -0.1) is 0 Å². The lowest BCUT2D eigenvalue weighted by Crippen LogP contribution is -2.48. The van der Waals surface area contributed by atoms with Crippen molar-refractivity contribution in [3.63, 3.8) is 0 Å². The highest BCUT2D eigenvalue weighted by atomic mass is 19.1. The topological polar surface area (TPSA) is 59.0 Å². The molecule has 0 spiro atoms. The smallest absolute Gasteiger partial charge is 0.340 e. The minimum Gasteiger partial charge on any atom is -0.465 e. The zero-order valence-electron chi connectivity index (χ0n) is 12.2. The van der Waals surface area contributed by atoms with E-state index >= 15 is 0 Å². The van der Waals surface area contributed by atoms with Crippen LogP contribution in [0.25, 0.3) is 0 Å². The van der Waals surface area contributed by atoms with Gasteiger partial charge in [-0.2, -0.15) is 0 Å². The van der Waals surface area contributed by atoms with Crippen LogP contribution < -0.4 is 0 Å². The maximum Gasteiger partial charge on any atom is 0.340 e. The first-order valence-corrected chi connectivity index (χ1v) is 6.88. The first-order valence-electron chi connectivity index (χ1n) is 6.88. The van der Waals surface area contributed by atoms with Crippen LogP contribution in [0.5, 0.6) is 0 Å². The van der Waals surface area contributed by atoms with E-state index in [1.165, 1.54) is 19.2 Å². The van der Waals surface area contributed by atoms with E-state index in [4.69, 9.17) is 9.84 Å². The molecule has 116 valence electrons. The molecule has 0 saturated carbocycles. The van der Waals surface area contributed by atoms with Crippen molar-refractivity contribution in [3.8, 4) is 0 Å². The zero-order chi connectivity index (χ0) is 15.4. The average molecular weight is 297 g/mol. The van der Waals surface area contributed by atoms with E-state index in [1.54, 1.807) is 6.07 Å². The Morgan fingerprint density at radius 2 is 2.33 bits per heavy atom. The second kappa shape index (κ2) is 6.98. The van der Waals surface area contributed by atoms with Crippen molar-refractivity contribution >= 4 is 5.97 Å². The highest BCUT2D eigenvalue weighted by Crippen LogP contribution is 2.18. The van der Waals surface area contributed by atoms with Crippen molar-refractivity contribution in [1.29, 1.82) is 0 Å². The number of halogens is 1. The van der Waals surface area contributed by atoms with Crippen LogP contribution in [0.15, 0.2) is 18.2 Å². The maximum atomic E-state index is 13.9. The number of hydrogen-bond donors (Lipinski definition) is 1. The van der Waals surface area contributed by atoms with E-state index in [1.807, 2.05) is 6.92 Å². The Hall–Kier alpha value is -1.50. The fraction of sp³-hybridized carbons (Fsp3) is 0.533. The van der Waals surface area contributed by atoms with Crippen molar-refractivity contribution in [3.05, 3.63) is 35.1 Å². The molecule has 0 aromatic heterocycles. The van der Waals surface area contributed by atoms with Gasteiger partial charge in [-0.25, -0.2) is 9.18 Å². The number of esters is 1. The summed E-state index contributed by atoms with van der Waals surface area (Å²) in [5.41, 5.74) is 0.704. The number of nitrogens with zero attached hydrogens (tertiary/aromatic N) is 1. The number of aliphatic hydroxyl groups is 1. The molecule has 2 atom stereocenters. The summed E-state index contributed by atoms with van der Waals surface area (Å²) < 4.78 is 23.9. The lowest BCUT2D eigenvalue weighted by atomic mass is 10.1. The van der Waals surface area contributed by atoms with Gasteiger partial charge in [0.1, 0.15) is 5.82 Å². The van der Waals surface area contributed by atoms with E-state index < -0.39 is 11.8 Å². The summed E-state index contributed by atoms with van der Waals surface area (Å²) in [6.45, 7) is 3.66. The van der Waals surface area contributed by atoms with Crippen LogP contribution in [0.4, 0.5) is 4.39 Å². The number of ether oxygens (including phenoxy) is 2. The second-order valence-corrected chi connectivity index (χ2v) is 5.22. The summed E-state index contributed by atoms with van der Waals surface area (Å²) in [6, 6.07) is 4.69. The third-order valence-corrected chi connectivity index (χ3v) is 3.66. The molecular weight excluding hydrogens is 277 g/mol. The first kappa shape index (κ1) is 15.9. The average Bonchev–Trinajstić information content (AvgIpc) is 2.49. The number of carbonyl (C=O) groups is 1. The third kappa shape index (κ3) is 3.78. The SMILES string of the molecule is COC(=O)c1ccc(CN2CC(CO)OCC2C)cc1F.